The van der Waals surface area contributed by atoms with Crippen LogP contribution >= 0.6 is 0 Å². The minimum atomic E-state index is 0.255. The number of aromatic amines is 1. The molecule has 1 aromatic carbocycles. The summed E-state index contributed by atoms with van der Waals surface area (Å²) >= 11 is 0. The molecule has 0 aliphatic carbocycles. The van der Waals surface area contributed by atoms with E-state index in [1.54, 1.807) is 6.20 Å². The van der Waals surface area contributed by atoms with Gasteiger partial charge in [0.15, 0.2) is 5.65 Å². The van der Waals surface area contributed by atoms with Crippen LogP contribution in [-0.4, -0.2) is 69.7 Å². The fraction of sp³-hybridized carbons (Fsp3) is 0.310. The summed E-state index contributed by atoms with van der Waals surface area (Å²) in [5.41, 5.74) is 5.90. The SMILES string of the molecule is O=C(C[C@@H]1CCCN1)N1CCN(c2c(-c3ccccc3)cnc3n[nH]c(/C=C/c4cccnc4)c23)CC1. The molecule has 4 aromatic rings. The zero-order valence-corrected chi connectivity index (χ0v) is 20.8. The van der Waals surface area contributed by atoms with E-state index in [9.17, 15) is 4.79 Å². The molecule has 6 rings (SSSR count). The number of H-pyrrole nitrogens is 1. The number of anilines is 1. The van der Waals surface area contributed by atoms with Gasteiger partial charge in [-0.05, 0) is 42.7 Å². The quantitative estimate of drug-likeness (QED) is 0.422. The van der Waals surface area contributed by atoms with Gasteiger partial charge in [-0.3, -0.25) is 14.9 Å². The Hall–Kier alpha value is -4.04. The second-order valence-electron chi connectivity index (χ2n) is 9.71. The Bertz CT molecular complexity index is 1390. The van der Waals surface area contributed by atoms with Crippen LogP contribution in [0.4, 0.5) is 5.69 Å². The van der Waals surface area contributed by atoms with Crippen molar-refractivity contribution in [3.8, 4) is 11.1 Å². The molecule has 1 amide bonds. The molecule has 188 valence electrons. The normalized spacial score (nSPS) is 18.2. The number of hydrogen-bond acceptors (Lipinski definition) is 6. The first kappa shape index (κ1) is 23.4. The number of piperazine rings is 1. The third-order valence-electron chi connectivity index (χ3n) is 7.33. The molecule has 8 nitrogen and oxygen atoms in total. The fourth-order valence-corrected chi connectivity index (χ4v) is 5.38. The molecule has 8 heteroatoms. The van der Waals surface area contributed by atoms with E-state index in [0.29, 0.717) is 31.2 Å². The fourth-order valence-electron chi connectivity index (χ4n) is 5.38. The number of nitrogens with one attached hydrogen (secondary N) is 2. The smallest absolute Gasteiger partial charge is 0.224 e. The Balaban J connectivity index is 1.33. The Labute approximate surface area is 216 Å². The highest BCUT2D eigenvalue weighted by Crippen LogP contribution is 2.38. The molecule has 37 heavy (non-hydrogen) atoms. The van der Waals surface area contributed by atoms with Crippen LogP contribution in [-0.2, 0) is 4.79 Å². The van der Waals surface area contributed by atoms with Gasteiger partial charge in [-0.2, -0.15) is 5.10 Å². The van der Waals surface area contributed by atoms with Crippen molar-refractivity contribution in [2.75, 3.05) is 37.6 Å². The molecule has 5 heterocycles. The highest BCUT2D eigenvalue weighted by Gasteiger charge is 2.28. The first-order valence-corrected chi connectivity index (χ1v) is 13.0. The summed E-state index contributed by atoms with van der Waals surface area (Å²) in [4.78, 5) is 26.3. The molecule has 2 saturated heterocycles. The van der Waals surface area contributed by atoms with E-state index in [-0.39, 0.29) is 5.91 Å². The lowest BCUT2D eigenvalue weighted by atomic mass is 10.0. The van der Waals surface area contributed by atoms with Gasteiger partial charge in [0.05, 0.1) is 16.8 Å². The van der Waals surface area contributed by atoms with Crippen molar-refractivity contribution in [2.45, 2.75) is 25.3 Å². The molecule has 2 N–H and O–H groups in total. The van der Waals surface area contributed by atoms with Gasteiger partial charge in [-0.1, -0.05) is 42.5 Å². The van der Waals surface area contributed by atoms with E-state index in [1.807, 2.05) is 47.6 Å². The Morgan fingerprint density at radius 1 is 1.03 bits per heavy atom. The number of rotatable bonds is 6. The second-order valence-corrected chi connectivity index (χ2v) is 9.71. The van der Waals surface area contributed by atoms with Crippen molar-refractivity contribution < 1.29 is 4.79 Å². The van der Waals surface area contributed by atoms with Crippen LogP contribution in [0.3, 0.4) is 0 Å². The van der Waals surface area contributed by atoms with Crippen LogP contribution in [0, 0.1) is 0 Å². The first-order chi connectivity index (χ1) is 18.3. The average molecular weight is 494 g/mol. The van der Waals surface area contributed by atoms with Crippen molar-refractivity contribution in [3.63, 3.8) is 0 Å². The van der Waals surface area contributed by atoms with Crippen LogP contribution in [0.5, 0.6) is 0 Å². The maximum atomic E-state index is 13.0. The molecule has 1 atom stereocenters. The Kier molecular flexibility index (Phi) is 6.64. The number of aromatic nitrogens is 4. The van der Waals surface area contributed by atoms with Crippen LogP contribution in [0.1, 0.15) is 30.5 Å². The molecular weight excluding hydrogens is 462 g/mol. The van der Waals surface area contributed by atoms with Gasteiger partial charge in [-0.25, -0.2) is 4.98 Å². The maximum absolute atomic E-state index is 13.0. The third-order valence-corrected chi connectivity index (χ3v) is 7.33. The molecule has 3 aromatic heterocycles. The second kappa shape index (κ2) is 10.5. The number of amides is 1. The summed E-state index contributed by atoms with van der Waals surface area (Å²) in [6, 6.07) is 14.6. The van der Waals surface area contributed by atoms with Crippen molar-refractivity contribution in [1.82, 2.24) is 30.4 Å². The van der Waals surface area contributed by atoms with Crippen molar-refractivity contribution in [1.29, 1.82) is 0 Å². The number of benzene rings is 1. The molecule has 0 spiro atoms. The third kappa shape index (κ3) is 4.97. The van der Waals surface area contributed by atoms with E-state index >= 15 is 0 Å². The standard InChI is InChI=1S/C29H31N7O/c37-26(18-23-9-5-13-31-23)35-14-16-36(17-15-35)28-24(22-7-2-1-3-8-22)20-32-29-27(28)25(33-34-29)11-10-21-6-4-12-30-19-21/h1-4,6-8,10-12,19-20,23,31H,5,9,13-18H2,(H,32,33,34)/b11-10+/t23-/m0/s1. The van der Waals surface area contributed by atoms with E-state index in [1.165, 1.54) is 0 Å². The topological polar surface area (TPSA) is 90.0 Å². The number of nitrogens with zero attached hydrogens (tertiary/aromatic N) is 5. The number of fused-ring (bicyclic) bond motifs is 1. The minimum absolute atomic E-state index is 0.255. The summed E-state index contributed by atoms with van der Waals surface area (Å²) in [6.45, 7) is 3.97. The summed E-state index contributed by atoms with van der Waals surface area (Å²) in [7, 11) is 0. The van der Waals surface area contributed by atoms with Gasteiger partial charge in [0, 0.05) is 62.8 Å². The first-order valence-electron chi connectivity index (χ1n) is 13.0. The van der Waals surface area contributed by atoms with Crippen LogP contribution < -0.4 is 10.2 Å². The molecule has 2 fully saturated rings. The maximum Gasteiger partial charge on any atom is 0.224 e. The number of pyridine rings is 2. The zero-order valence-electron chi connectivity index (χ0n) is 20.8. The number of hydrogen-bond donors (Lipinski definition) is 2. The monoisotopic (exact) mass is 493 g/mol. The van der Waals surface area contributed by atoms with E-state index in [4.69, 9.17) is 4.98 Å². The summed E-state index contributed by atoms with van der Waals surface area (Å²) in [5, 5.41) is 12.2. The van der Waals surface area contributed by atoms with Gasteiger partial charge in [0.25, 0.3) is 0 Å². The Morgan fingerprint density at radius 2 is 1.89 bits per heavy atom. The van der Waals surface area contributed by atoms with Gasteiger partial charge >= 0.3 is 0 Å². The molecule has 0 radical (unpaired) electrons. The van der Waals surface area contributed by atoms with Gasteiger partial charge in [-0.15, -0.1) is 0 Å². The van der Waals surface area contributed by atoms with Crippen molar-refractivity contribution >= 4 is 34.8 Å². The van der Waals surface area contributed by atoms with Crippen LogP contribution in [0.15, 0.2) is 61.1 Å². The summed E-state index contributed by atoms with van der Waals surface area (Å²) in [5.74, 6) is 0.255. The minimum Gasteiger partial charge on any atom is -0.367 e. The molecule has 0 saturated carbocycles. The largest absolute Gasteiger partial charge is 0.367 e. The highest BCUT2D eigenvalue weighted by molar-refractivity contribution is 6.03. The van der Waals surface area contributed by atoms with Crippen molar-refractivity contribution in [3.05, 3.63) is 72.3 Å². The molecule has 2 aliphatic rings. The van der Waals surface area contributed by atoms with Gasteiger partial charge in [0.2, 0.25) is 5.91 Å². The lowest BCUT2D eigenvalue weighted by molar-refractivity contribution is -0.131. The van der Waals surface area contributed by atoms with E-state index < -0.39 is 0 Å². The molecular formula is C29H31N7O. The predicted molar refractivity (Wildman–Crippen MR) is 147 cm³/mol. The van der Waals surface area contributed by atoms with Gasteiger partial charge < -0.3 is 15.1 Å². The lowest BCUT2D eigenvalue weighted by Gasteiger charge is -2.37. The van der Waals surface area contributed by atoms with E-state index in [0.717, 1.165) is 65.9 Å². The predicted octanol–water partition coefficient (Wildman–Crippen LogP) is 3.98. The molecule has 0 unspecified atom stereocenters. The van der Waals surface area contributed by atoms with E-state index in [2.05, 4.69) is 49.7 Å². The Morgan fingerprint density at radius 3 is 2.65 bits per heavy atom. The average Bonchev–Trinajstić information content (AvgIpc) is 3.62. The van der Waals surface area contributed by atoms with Crippen molar-refractivity contribution in [2.24, 2.45) is 0 Å². The number of carbonyl (C=O) groups excluding carboxylic acids is 1. The summed E-state index contributed by atoms with van der Waals surface area (Å²) < 4.78 is 0. The molecule has 0 bridgehead atoms. The highest BCUT2D eigenvalue weighted by atomic mass is 16.2. The van der Waals surface area contributed by atoms with Crippen LogP contribution in [0.2, 0.25) is 0 Å². The van der Waals surface area contributed by atoms with Gasteiger partial charge in [0.1, 0.15) is 0 Å². The zero-order chi connectivity index (χ0) is 25.0. The number of carbonyl (C=O) groups is 1. The summed E-state index contributed by atoms with van der Waals surface area (Å²) in [6.07, 6.45) is 12.5. The molecule has 2 aliphatic heterocycles. The lowest BCUT2D eigenvalue weighted by Crippen LogP contribution is -2.50. The van der Waals surface area contributed by atoms with Crippen LogP contribution in [0.25, 0.3) is 34.3 Å².